The first-order valence-corrected chi connectivity index (χ1v) is 7.68. The molecule has 2 nitrogen and oxygen atoms in total. The lowest BCUT2D eigenvalue weighted by Gasteiger charge is -2.28. The molecular formula is C18H22N2S. The molecular weight excluding hydrogens is 276 g/mol. The normalized spacial score (nSPS) is 11.9. The molecule has 0 saturated carbocycles. The van der Waals surface area contributed by atoms with Crippen LogP contribution >= 0.6 is 12.2 Å². The molecule has 2 rings (SSSR count). The fourth-order valence-corrected chi connectivity index (χ4v) is 2.72. The van der Waals surface area contributed by atoms with Crippen molar-refractivity contribution in [3.05, 3.63) is 65.7 Å². The van der Waals surface area contributed by atoms with Gasteiger partial charge in [0.05, 0.1) is 10.9 Å². The van der Waals surface area contributed by atoms with Gasteiger partial charge in [-0.1, -0.05) is 54.7 Å². The largest absolute Gasteiger partial charge is 0.393 e. The molecule has 21 heavy (non-hydrogen) atoms. The maximum atomic E-state index is 5.98. The number of nitrogens with zero attached hydrogens (tertiary/aromatic N) is 1. The van der Waals surface area contributed by atoms with Crippen molar-refractivity contribution in [2.45, 2.75) is 19.8 Å². The second-order valence-corrected chi connectivity index (χ2v) is 5.71. The van der Waals surface area contributed by atoms with Gasteiger partial charge in [-0.3, -0.25) is 0 Å². The number of thiocarbonyl (C=S) groups is 1. The van der Waals surface area contributed by atoms with E-state index in [0.29, 0.717) is 4.99 Å². The predicted octanol–water partition coefficient (Wildman–Crippen LogP) is 3.89. The van der Waals surface area contributed by atoms with Crippen LogP contribution in [0, 0.1) is 6.92 Å². The third-order valence-corrected chi connectivity index (χ3v) is 3.98. The highest BCUT2D eigenvalue weighted by Crippen LogP contribution is 2.22. The average molecular weight is 298 g/mol. The minimum absolute atomic E-state index is 0.0710. The van der Waals surface area contributed by atoms with E-state index in [9.17, 15) is 0 Å². The maximum Gasteiger partial charge on any atom is 0.0821 e. The van der Waals surface area contributed by atoms with Crippen LogP contribution in [-0.4, -0.2) is 18.1 Å². The lowest BCUT2D eigenvalue weighted by molar-refractivity contribution is 0.772. The molecule has 0 heterocycles. The van der Waals surface area contributed by atoms with Crippen LogP contribution in [0.25, 0.3) is 0 Å². The average Bonchev–Trinajstić information content (AvgIpc) is 2.49. The Morgan fingerprint density at radius 2 is 1.86 bits per heavy atom. The molecule has 110 valence electrons. The van der Waals surface area contributed by atoms with E-state index in [4.69, 9.17) is 18.0 Å². The Kier molecular flexibility index (Phi) is 5.34. The molecule has 0 aliphatic carbocycles. The van der Waals surface area contributed by atoms with Gasteiger partial charge in [0.25, 0.3) is 0 Å². The smallest absolute Gasteiger partial charge is 0.0821 e. The molecule has 0 bridgehead atoms. The van der Waals surface area contributed by atoms with Crippen LogP contribution in [0.1, 0.15) is 24.0 Å². The lowest BCUT2D eigenvalue weighted by atomic mass is 9.98. The van der Waals surface area contributed by atoms with Crippen LogP contribution < -0.4 is 10.6 Å². The molecule has 0 fully saturated rings. The van der Waals surface area contributed by atoms with E-state index in [1.165, 1.54) is 16.8 Å². The van der Waals surface area contributed by atoms with Gasteiger partial charge in [-0.05, 0) is 37.1 Å². The van der Waals surface area contributed by atoms with Gasteiger partial charge in [0.2, 0.25) is 0 Å². The van der Waals surface area contributed by atoms with Crippen LogP contribution in [0.2, 0.25) is 0 Å². The molecule has 0 saturated heterocycles. The van der Waals surface area contributed by atoms with Crippen molar-refractivity contribution in [3.8, 4) is 0 Å². The Bertz CT molecular complexity index is 595. The Morgan fingerprint density at radius 3 is 2.43 bits per heavy atom. The highest BCUT2D eigenvalue weighted by atomic mass is 32.1. The molecule has 2 aromatic carbocycles. The molecule has 0 amide bonds. The summed E-state index contributed by atoms with van der Waals surface area (Å²) in [5.74, 6) is 0.0710. The van der Waals surface area contributed by atoms with E-state index in [-0.39, 0.29) is 5.92 Å². The molecule has 3 heteroatoms. The fourth-order valence-electron chi connectivity index (χ4n) is 2.51. The van der Waals surface area contributed by atoms with Crippen LogP contribution in [0.3, 0.4) is 0 Å². The first-order chi connectivity index (χ1) is 10.1. The summed E-state index contributed by atoms with van der Waals surface area (Å²) >= 11 is 5.29. The number of aryl methyl sites for hydroxylation is 1. The highest BCUT2D eigenvalue weighted by molar-refractivity contribution is 7.80. The SMILES string of the molecule is CCN(CC(C(N)=S)c1ccccc1)c1cccc(C)c1. The molecule has 1 unspecified atom stereocenters. The molecule has 0 aromatic heterocycles. The number of benzene rings is 2. The van der Waals surface area contributed by atoms with E-state index >= 15 is 0 Å². The number of rotatable bonds is 6. The Labute approximate surface area is 132 Å². The first kappa shape index (κ1) is 15.5. The standard InChI is InChI=1S/C18H22N2S/c1-3-20(16-11-7-8-14(2)12-16)13-17(18(19)21)15-9-5-4-6-10-15/h4-12,17H,3,13H2,1-2H3,(H2,19,21). The van der Waals surface area contributed by atoms with Gasteiger partial charge in [-0.15, -0.1) is 0 Å². The number of anilines is 1. The van der Waals surface area contributed by atoms with E-state index in [1.807, 2.05) is 18.2 Å². The van der Waals surface area contributed by atoms with Gasteiger partial charge < -0.3 is 10.6 Å². The molecule has 0 spiro atoms. The third kappa shape index (κ3) is 4.05. The third-order valence-electron chi connectivity index (χ3n) is 3.70. The van der Waals surface area contributed by atoms with Crippen LogP contribution in [0.15, 0.2) is 54.6 Å². The van der Waals surface area contributed by atoms with Crippen molar-refractivity contribution in [2.75, 3.05) is 18.0 Å². The van der Waals surface area contributed by atoms with E-state index in [2.05, 4.69) is 55.1 Å². The van der Waals surface area contributed by atoms with Crippen molar-refractivity contribution in [1.29, 1.82) is 0 Å². The molecule has 0 aliphatic heterocycles. The minimum atomic E-state index is 0.0710. The Balaban J connectivity index is 2.24. The Hall–Kier alpha value is -1.87. The molecule has 2 N–H and O–H groups in total. The van der Waals surface area contributed by atoms with Crippen LogP contribution in [0.4, 0.5) is 5.69 Å². The highest BCUT2D eigenvalue weighted by Gasteiger charge is 2.18. The summed E-state index contributed by atoms with van der Waals surface area (Å²) in [4.78, 5) is 2.87. The summed E-state index contributed by atoms with van der Waals surface area (Å²) < 4.78 is 0. The zero-order chi connectivity index (χ0) is 15.2. The second-order valence-electron chi connectivity index (χ2n) is 5.24. The van der Waals surface area contributed by atoms with Gasteiger partial charge in [-0.2, -0.15) is 0 Å². The zero-order valence-electron chi connectivity index (χ0n) is 12.6. The summed E-state index contributed by atoms with van der Waals surface area (Å²) in [5, 5.41) is 0. The molecule has 0 aliphatic rings. The van der Waals surface area contributed by atoms with Crippen molar-refractivity contribution in [2.24, 2.45) is 5.73 Å². The number of hydrogen-bond donors (Lipinski definition) is 1. The van der Waals surface area contributed by atoms with Crippen molar-refractivity contribution < 1.29 is 0 Å². The number of hydrogen-bond acceptors (Lipinski definition) is 2. The van der Waals surface area contributed by atoms with Crippen LogP contribution in [0.5, 0.6) is 0 Å². The topological polar surface area (TPSA) is 29.3 Å². The zero-order valence-corrected chi connectivity index (χ0v) is 13.4. The van der Waals surface area contributed by atoms with Crippen molar-refractivity contribution >= 4 is 22.9 Å². The Morgan fingerprint density at radius 1 is 1.14 bits per heavy atom. The van der Waals surface area contributed by atoms with E-state index < -0.39 is 0 Å². The van der Waals surface area contributed by atoms with Gasteiger partial charge in [0.1, 0.15) is 0 Å². The molecule has 0 radical (unpaired) electrons. The van der Waals surface area contributed by atoms with E-state index in [0.717, 1.165) is 13.1 Å². The monoisotopic (exact) mass is 298 g/mol. The van der Waals surface area contributed by atoms with E-state index in [1.54, 1.807) is 0 Å². The molecule has 1 atom stereocenters. The summed E-state index contributed by atoms with van der Waals surface area (Å²) in [5.41, 5.74) is 9.64. The van der Waals surface area contributed by atoms with Gasteiger partial charge in [-0.25, -0.2) is 0 Å². The maximum absolute atomic E-state index is 5.98. The first-order valence-electron chi connectivity index (χ1n) is 7.27. The quantitative estimate of drug-likeness (QED) is 0.820. The lowest BCUT2D eigenvalue weighted by Crippen LogP contribution is -2.34. The number of likely N-dealkylation sites (N-methyl/N-ethyl adjacent to an activating group) is 1. The predicted molar refractivity (Wildman–Crippen MR) is 95.0 cm³/mol. The fraction of sp³-hybridized carbons (Fsp3) is 0.278. The summed E-state index contributed by atoms with van der Waals surface area (Å²) in [6.07, 6.45) is 0. The minimum Gasteiger partial charge on any atom is -0.393 e. The summed E-state index contributed by atoms with van der Waals surface area (Å²) in [7, 11) is 0. The second kappa shape index (κ2) is 7.23. The summed E-state index contributed by atoms with van der Waals surface area (Å²) in [6, 6.07) is 18.8. The van der Waals surface area contributed by atoms with Gasteiger partial charge in [0, 0.05) is 18.8 Å². The van der Waals surface area contributed by atoms with Gasteiger partial charge in [0.15, 0.2) is 0 Å². The number of nitrogens with two attached hydrogens (primary N) is 1. The summed E-state index contributed by atoms with van der Waals surface area (Å²) in [6.45, 7) is 6.00. The van der Waals surface area contributed by atoms with Crippen LogP contribution in [-0.2, 0) is 0 Å². The molecule has 2 aromatic rings. The van der Waals surface area contributed by atoms with Gasteiger partial charge >= 0.3 is 0 Å². The van der Waals surface area contributed by atoms with Crippen molar-refractivity contribution in [1.82, 2.24) is 0 Å². The van der Waals surface area contributed by atoms with Crippen molar-refractivity contribution in [3.63, 3.8) is 0 Å².